The maximum absolute atomic E-state index is 13.3. The van der Waals surface area contributed by atoms with E-state index in [1.165, 1.54) is 6.33 Å². The molecule has 0 aliphatic carbocycles. The molecule has 0 saturated carbocycles. The van der Waals surface area contributed by atoms with Gasteiger partial charge in [-0.25, -0.2) is 4.98 Å². The molecule has 1 aromatic heterocycles. The number of nitrogens with one attached hydrogen (secondary N) is 1. The van der Waals surface area contributed by atoms with E-state index >= 15 is 0 Å². The number of hydrogen-bond donors (Lipinski definition) is 1. The van der Waals surface area contributed by atoms with Gasteiger partial charge in [0.15, 0.2) is 0 Å². The minimum Gasteiger partial charge on any atom is -0.474 e. The first-order valence-electron chi connectivity index (χ1n) is 4.94. The predicted molar refractivity (Wildman–Crippen MR) is 55.4 cm³/mol. The van der Waals surface area contributed by atoms with Gasteiger partial charge in [0, 0.05) is 12.6 Å². The van der Waals surface area contributed by atoms with E-state index < -0.39 is 5.82 Å². The van der Waals surface area contributed by atoms with Crippen molar-refractivity contribution in [3.8, 4) is 5.88 Å². The van der Waals surface area contributed by atoms with Gasteiger partial charge in [0.1, 0.15) is 12.9 Å². The van der Waals surface area contributed by atoms with Crippen LogP contribution in [0.4, 0.5) is 4.39 Å². The summed E-state index contributed by atoms with van der Waals surface area (Å²) in [4.78, 5) is 7.43. The third-order valence-electron chi connectivity index (χ3n) is 1.83. The van der Waals surface area contributed by atoms with Gasteiger partial charge in [0.25, 0.3) is 5.88 Å². The molecular weight excluding hydrogens is 197 g/mol. The topological polar surface area (TPSA) is 47.0 Å². The molecule has 0 aromatic carbocycles. The number of ether oxygens (including phenoxy) is 1. The molecule has 0 unspecified atom stereocenters. The Morgan fingerprint density at radius 3 is 2.87 bits per heavy atom. The number of aromatic nitrogens is 2. The van der Waals surface area contributed by atoms with Crippen molar-refractivity contribution in [3.05, 3.63) is 17.8 Å². The predicted octanol–water partition coefficient (Wildman–Crippen LogP) is 1.30. The van der Waals surface area contributed by atoms with Crippen molar-refractivity contribution >= 4 is 0 Å². The minimum atomic E-state index is -0.484. The maximum atomic E-state index is 13.3. The average molecular weight is 213 g/mol. The minimum absolute atomic E-state index is 0.0213. The summed E-state index contributed by atoms with van der Waals surface area (Å²) >= 11 is 0. The molecule has 1 N–H and O–H groups in total. The van der Waals surface area contributed by atoms with Gasteiger partial charge >= 0.3 is 0 Å². The summed E-state index contributed by atoms with van der Waals surface area (Å²) in [6.45, 7) is 6.72. The molecule has 0 bridgehead atoms. The van der Waals surface area contributed by atoms with Gasteiger partial charge in [-0.3, -0.25) is 0 Å². The average Bonchev–Trinajstić information content (AvgIpc) is 2.18. The van der Waals surface area contributed by atoms with Gasteiger partial charge in [-0.1, -0.05) is 13.8 Å². The highest BCUT2D eigenvalue weighted by atomic mass is 19.1. The normalized spacial score (nSPS) is 10.7. The molecule has 0 atom stereocenters. The second-order valence-electron chi connectivity index (χ2n) is 3.54. The molecule has 1 aromatic rings. The first-order chi connectivity index (χ1) is 7.11. The molecular formula is C10H16FN3O. The SMILES string of the molecule is Cc1ncnc(OCCNC(C)C)c1F. The van der Waals surface area contributed by atoms with Gasteiger partial charge in [-0.2, -0.15) is 9.37 Å². The van der Waals surface area contributed by atoms with Crippen LogP contribution in [0.1, 0.15) is 19.5 Å². The molecule has 1 rings (SSSR count). The second kappa shape index (κ2) is 5.60. The van der Waals surface area contributed by atoms with E-state index in [4.69, 9.17) is 4.74 Å². The number of nitrogens with zero attached hydrogens (tertiary/aromatic N) is 2. The van der Waals surface area contributed by atoms with Crippen molar-refractivity contribution in [1.29, 1.82) is 0 Å². The van der Waals surface area contributed by atoms with Crippen LogP contribution in [0.15, 0.2) is 6.33 Å². The van der Waals surface area contributed by atoms with Crippen molar-refractivity contribution in [2.45, 2.75) is 26.8 Å². The summed E-state index contributed by atoms with van der Waals surface area (Å²) in [5, 5.41) is 3.16. The molecule has 0 aliphatic rings. The number of halogens is 1. The molecule has 0 fully saturated rings. The van der Waals surface area contributed by atoms with E-state index in [1.54, 1.807) is 6.92 Å². The van der Waals surface area contributed by atoms with Crippen LogP contribution >= 0.6 is 0 Å². The van der Waals surface area contributed by atoms with E-state index in [-0.39, 0.29) is 5.88 Å². The Morgan fingerprint density at radius 2 is 2.20 bits per heavy atom. The van der Waals surface area contributed by atoms with Gasteiger partial charge in [-0.15, -0.1) is 0 Å². The molecule has 84 valence electrons. The standard InChI is InChI=1S/C10H16FN3O/c1-7(2)12-4-5-15-10-9(11)8(3)13-6-14-10/h6-7,12H,4-5H2,1-3H3. The summed E-state index contributed by atoms with van der Waals surface area (Å²) in [5.74, 6) is -0.463. The van der Waals surface area contributed by atoms with Crippen molar-refractivity contribution in [2.75, 3.05) is 13.2 Å². The molecule has 0 amide bonds. The lowest BCUT2D eigenvalue weighted by molar-refractivity contribution is 0.280. The largest absolute Gasteiger partial charge is 0.474 e. The Kier molecular flexibility index (Phi) is 4.42. The lowest BCUT2D eigenvalue weighted by Crippen LogP contribution is -2.27. The van der Waals surface area contributed by atoms with E-state index in [0.29, 0.717) is 24.9 Å². The monoisotopic (exact) mass is 213 g/mol. The lowest BCUT2D eigenvalue weighted by Gasteiger charge is -2.09. The molecule has 15 heavy (non-hydrogen) atoms. The zero-order valence-corrected chi connectivity index (χ0v) is 9.25. The Hall–Kier alpha value is -1.23. The van der Waals surface area contributed by atoms with Gasteiger partial charge in [-0.05, 0) is 6.92 Å². The molecule has 0 aliphatic heterocycles. The Morgan fingerprint density at radius 1 is 1.47 bits per heavy atom. The first-order valence-corrected chi connectivity index (χ1v) is 4.94. The van der Waals surface area contributed by atoms with Crippen molar-refractivity contribution < 1.29 is 9.13 Å². The fraction of sp³-hybridized carbons (Fsp3) is 0.600. The first kappa shape index (κ1) is 11.8. The fourth-order valence-electron chi connectivity index (χ4n) is 1.03. The van der Waals surface area contributed by atoms with Crippen molar-refractivity contribution in [1.82, 2.24) is 15.3 Å². The van der Waals surface area contributed by atoms with Crippen LogP contribution in [0.5, 0.6) is 5.88 Å². The summed E-state index contributed by atoms with van der Waals surface area (Å²) in [6.07, 6.45) is 1.30. The Bertz CT molecular complexity index is 318. The van der Waals surface area contributed by atoms with Crippen LogP contribution < -0.4 is 10.1 Å². The van der Waals surface area contributed by atoms with Crippen LogP contribution in [-0.4, -0.2) is 29.2 Å². The zero-order chi connectivity index (χ0) is 11.3. The van der Waals surface area contributed by atoms with Gasteiger partial charge in [0.05, 0.1) is 5.69 Å². The van der Waals surface area contributed by atoms with Gasteiger partial charge < -0.3 is 10.1 Å². The molecule has 0 spiro atoms. The second-order valence-corrected chi connectivity index (χ2v) is 3.54. The quantitative estimate of drug-likeness (QED) is 0.749. The van der Waals surface area contributed by atoms with Crippen molar-refractivity contribution in [3.63, 3.8) is 0 Å². The summed E-state index contributed by atoms with van der Waals surface area (Å²) in [6, 6.07) is 0.394. The Labute approximate surface area is 88.9 Å². The zero-order valence-electron chi connectivity index (χ0n) is 9.25. The smallest absolute Gasteiger partial charge is 0.253 e. The number of rotatable bonds is 5. The number of aryl methyl sites for hydroxylation is 1. The molecule has 0 saturated heterocycles. The van der Waals surface area contributed by atoms with Crippen LogP contribution in [0.3, 0.4) is 0 Å². The van der Waals surface area contributed by atoms with Crippen LogP contribution in [0.2, 0.25) is 0 Å². The third-order valence-corrected chi connectivity index (χ3v) is 1.83. The highest BCUT2D eigenvalue weighted by Gasteiger charge is 2.08. The number of hydrogen-bond acceptors (Lipinski definition) is 4. The van der Waals surface area contributed by atoms with Gasteiger partial charge in [0.2, 0.25) is 5.82 Å². The molecule has 5 heteroatoms. The van der Waals surface area contributed by atoms with E-state index in [0.717, 1.165) is 0 Å². The summed E-state index contributed by atoms with van der Waals surface area (Å²) in [5.41, 5.74) is 0.303. The highest BCUT2D eigenvalue weighted by Crippen LogP contribution is 2.13. The van der Waals surface area contributed by atoms with E-state index in [1.807, 2.05) is 13.8 Å². The van der Waals surface area contributed by atoms with E-state index in [2.05, 4.69) is 15.3 Å². The fourth-order valence-corrected chi connectivity index (χ4v) is 1.03. The van der Waals surface area contributed by atoms with Crippen molar-refractivity contribution in [2.24, 2.45) is 0 Å². The van der Waals surface area contributed by atoms with Crippen LogP contribution in [0.25, 0.3) is 0 Å². The van der Waals surface area contributed by atoms with E-state index in [9.17, 15) is 4.39 Å². The molecule has 0 radical (unpaired) electrons. The summed E-state index contributed by atoms with van der Waals surface area (Å²) in [7, 11) is 0. The maximum Gasteiger partial charge on any atom is 0.253 e. The van der Waals surface area contributed by atoms with Crippen LogP contribution in [-0.2, 0) is 0 Å². The lowest BCUT2D eigenvalue weighted by atomic mass is 10.4. The molecule has 4 nitrogen and oxygen atoms in total. The third kappa shape index (κ3) is 3.79. The Balaban J connectivity index is 2.41. The highest BCUT2D eigenvalue weighted by molar-refractivity contribution is 5.15. The molecule has 1 heterocycles. The summed E-state index contributed by atoms with van der Waals surface area (Å²) < 4.78 is 18.5. The van der Waals surface area contributed by atoms with Crippen LogP contribution in [0, 0.1) is 12.7 Å².